The molecule has 7 heteroatoms. The number of oxime groups is 1. The molecule has 1 aromatic rings. The standard InChI is InChI=1S/C14H18N4O3/c1-10(11(2)18-21)16-17-13(19)8-9-15-14(20)12-6-4-3-5-7-12/h3-7,21H,8-9H2,1-2H3,(H,15,20)(H,17,19)/b16-10+,18-11+. The number of hydrazone groups is 1. The van der Waals surface area contributed by atoms with Gasteiger partial charge in [-0.2, -0.15) is 5.10 Å². The molecule has 0 heterocycles. The van der Waals surface area contributed by atoms with Crippen LogP contribution in [0.1, 0.15) is 30.6 Å². The van der Waals surface area contributed by atoms with Crippen molar-refractivity contribution < 1.29 is 14.8 Å². The van der Waals surface area contributed by atoms with Crippen molar-refractivity contribution in [3.8, 4) is 0 Å². The van der Waals surface area contributed by atoms with E-state index in [9.17, 15) is 9.59 Å². The van der Waals surface area contributed by atoms with Crippen LogP contribution >= 0.6 is 0 Å². The van der Waals surface area contributed by atoms with Gasteiger partial charge in [0.15, 0.2) is 0 Å². The van der Waals surface area contributed by atoms with Gasteiger partial charge in [0, 0.05) is 18.5 Å². The Bertz CT molecular complexity index is 553. The maximum absolute atomic E-state index is 11.7. The van der Waals surface area contributed by atoms with E-state index in [1.54, 1.807) is 38.1 Å². The van der Waals surface area contributed by atoms with Crippen LogP contribution in [0.15, 0.2) is 40.6 Å². The lowest BCUT2D eigenvalue weighted by Crippen LogP contribution is -2.29. The van der Waals surface area contributed by atoms with Crippen LogP contribution in [-0.2, 0) is 4.79 Å². The first-order valence-electron chi connectivity index (χ1n) is 6.40. The van der Waals surface area contributed by atoms with E-state index in [0.717, 1.165) is 0 Å². The average molecular weight is 290 g/mol. The highest BCUT2D eigenvalue weighted by Crippen LogP contribution is 1.97. The number of carbonyl (C=O) groups is 2. The molecule has 0 bridgehead atoms. The van der Waals surface area contributed by atoms with Crippen molar-refractivity contribution in [1.82, 2.24) is 10.7 Å². The molecule has 0 saturated heterocycles. The lowest BCUT2D eigenvalue weighted by molar-refractivity contribution is -0.120. The lowest BCUT2D eigenvalue weighted by atomic mass is 10.2. The van der Waals surface area contributed by atoms with Crippen molar-refractivity contribution in [3.05, 3.63) is 35.9 Å². The molecule has 0 aliphatic heterocycles. The van der Waals surface area contributed by atoms with Crippen LogP contribution in [0.4, 0.5) is 0 Å². The molecule has 0 atom stereocenters. The number of carbonyl (C=O) groups excluding carboxylic acids is 2. The molecule has 1 aromatic carbocycles. The SMILES string of the molecule is CC(=N\O)/C(C)=N/NC(=O)CCNC(=O)c1ccccc1. The smallest absolute Gasteiger partial charge is 0.251 e. The van der Waals surface area contributed by atoms with Gasteiger partial charge in [0.1, 0.15) is 0 Å². The first-order valence-corrected chi connectivity index (χ1v) is 6.40. The van der Waals surface area contributed by atoms with Gasteiger partial charge in [-0.25, -0.2) is 5.43 Å². The van der Waals surface area contributed by atoms with Crippen LogP contribution in [0.25, 0.3) is 0 Å². The molecule has 0 aromatic heterocycles. The molecule has 2 amide bonds. The summed E-state index contributed by atoms with van der Waals surface area (Å²) >= 11 is 0. The molecule has 0 fully saturated rings. The lowest BCUT2D eigenvalue weighted by Gasteiger charge is -2.05. The normalized spacial score (nSPS) is 11.9. The van der Waals surface area contributed by atoms with Crippen LogP contribution in [0.2, 0.25) is 0 Å². The number of amides is 2. The fraction of sp³-hybridized carbons (Fsp3) is 0.286. The third kappa shape index (κ3) is 5.85. The Kier molecular flexibility index (Phi) is 6.59. The van der Waals surface area contributed by atoms with Crippen molar-refractivity contribution >= 4 is 23.2 Å². The molecule has 1 rings (SSSR count). The summed E-state index contributed by atoms with van der Waals surface area (Å²) in [6, 6.07) is 8.75. The van der Waals surface area contributed by atoms with Gasteiger partial charge in [-0.15, -0.1) is 0 Å². The van der Waals surface area contributed by atoms with Gasteiger partial charge in [0.05, 0.1) is 11.4 Å². The van der Waals surface area contributed by atoms with Gasteiger partial charge in [-0.3, -0.25) is 9.59 Å². The molecule has 21 heavy (non-hydrogen) atoms. The summed E-state index contributed by atoms with van der Waals surface area (Å²) in [5, 5.41) is 17.9. The monoisotopic (exact) mass is 290 g/mol. The Morgan fingerprint density at radius 1 is 1.14 bits per heavy atom. The summed E-state index contributed by atoms with van der Waals surface area (Å²) < 4.78 is 0. The minimum atomic E-state index is -0.339. The number of nitrogens with one attached hydrogen (secondary N) is 2. The van der Waals surface area contributed by atoms with E-state index in [-0.39, 0.29) is 24.8 Å². The quantitative estimate of drug-likeness (QED) is 0.416. The Morgan fingerprint density at radius 2 is 1.81 bits per heavy atom. The van der Waals surface area contributed by atoms with E-state index in [1.807, 2.05) is 6.07 Å². The fourth-order valence-electron chi connectivity index (χ4n) is 1.34. The van der Waals surface area contributed by atoms with E-state index in [4.69, 9.17) is 5.21 Å². The number of hydrogen-bond donors (Lipinski definition) is 3. The van der Waals surface area contributed by atoms with Crippen LogP contribution in [0.5, 0.6) is 0 Å². The van der Waals surface area contributed by atoms with Crippen LogP contribution in [0.3, 0.4) is 0 Å². The Hall–Kier alpha value is -2.70. The maximum atomic E-state index is 11.7. The second-order valence-electron chi connectivity index (χ2n) is 4.29. The van der Waals surface area contributed by atoms with Crippen molar-refractivity contribution in [2.24, 2.45) is 10.3 Å². The van der Waals surface area contributed by atoms with E-state index >= 15 is 0 Å². The topological polar surface area (TPSA) is 103 Å². The third-order valence-corrected chi connectivity index (χ3v) is 2.70. The van der Waals surface area contributed by atoms with Gasteiger partial charge in [-0.1, -0.05) is 23.4 Å². The predicted molar refractivity (Wildman–Crippen MR) is 79.5 cm³/mol. The van der Waals surface area contributed by atoms with E-state index < -0.39 is 0 Å². The largest absolute Gasteiger partial charge is 0.411 e. The second-order valence-corrected chi connectivity index (χ2v) is 4.29. The Morgan fingerprint density at radius 3 is 2.43 bits per heavy atom. The van der Waals surface area contributed by atoms with E-state index in [0.29, 0.717) is 17.0 Å². The number of nitrogens with zero attached hydrogens (tertiary/aromatic N) is 2. The van der Waals surface area contributed by atoms with E-state index in [1.165, 1.54) is 0 Å². The average Bonchev–Trinajstić information content (AvgIpc) is 2.52. The summed E-state index contributed by atoms with van der Waals surface area (Å²) in [7, 11) is 0. The van der Waals surface area contributed by atoms with Gasteiger partial charge in [0.25, 0.3) is 5.91 Å². The molecule has 7 nitrogen and oxygen atoms in total. The summed E-state index contributed by atoms with van der Waals surface area (Å²) in [6.45, 7) is 3.37. The minimum Gasteiger partial charge on any atom is -0.411 e. The number of benzene rings is 1. The van der Waals surface area contributed by atoms with Crippen molar-refractivity contribution in [2.75, 3.05) is 6.54 Å². The van der Waals surface area contributed by atoms with Crippen LogP contribution in [-0.4, -0.2) is 35.0 Å². The molecule has 0 spiro atoms. The zero-order valence-electron chi connectivity index (χ0n) is 12.0. The summed E-state index contributed by atoms with van der Waals surface area (Å²) in [4.78, 5) is 23.2. The third-order valence-electron chi connectivity index (χ3n) is 2.70. The molecular weight excluding hydrogens is 272 g/mol. The van der Waals surface area contributed by atoms with Gasteiger partial charge < -0.3 is 10.5 Å². The predicted octanol–water partition coefficient (Wildman–Crippen LogP) is 1.15. The molecule has 0 aliphatic rings. The molecule has 0 radical (unpaired) electrons. The van der Waals surface area contributed by atoms with Gasteiger partial charge in [0.2, 0.25) is 5.91 Å². The van der Waals surface area contributed by atoms with Crippen molar-refractivity contribution in [3.63, 3.8) is 0 Å². The van der Waals surface area contributed by atoms with Crippen LogP contribution in [0, 0.1) is 0 Å². The first kappa shape index (κ1) is 16.4. The van der Waals surface area contributed by atoms with Crippen LogP contribution < -0.4 is 10.7 Å². The molecule has 3 N–H and O–H groups in total. The highest BCUT2D eigenvalue weighted by Gasteiger charge is 2.06. The summed E-state index contributed by atoms with van der Waals surface area (Å²) in [5.41, 5.74) is 3.57. The highest BCUT2D eigenvalue weighted by atomic mass is 16.4. The maximum Gasteiger partial charge on any atom is 0.251 e. The Balaban J connectivity index is 2.33. The molecule has 0 unspecified atom stereocenters. The molecular formula is C14H18N4O3. The molecule has 112 valence electrons. The van der Waals surface area contributed by atoms with Crippen molar-refractivity contribution in [1.29, 1.82) is 0 Å². The molecule has 0 saturated carbocycles. The number of hydrogen-bond acceptors (Lipinski definition) is 5. The van der Waals surface area contributed by atoms with Gasteiger partial charge in [-0.05, 0) is 26.0 Å². The van der Waals surface area contributed by atoms with Crippen molar-refractivity contribution in [2.45, 2.75) is 20.3 Å². The zero-order chi connectivity index (χ0) is 15.7. The zero-order valence-corrected chi connectivity index (χ0v) is 12.0. The fourth-order valence-corrected chi connectivity index (χ4v) is 1.34. The highest BCUT2D eigenvalue weighted by molar-refractivity contribution is 6.40. The Labute approximate surface area is 122 Å². The summed E-state index contributed by atoms with van der Waals surface area (Å²) in [6.07, 6.45) is 0.102. The van der Waals surface area contributed by atoms with Gasteiger partial charge >= 0.3 is 0 Å². The second kappa shape index (κ2) is 8.47. The molecule has 0 aliphatic carbocycles. The minimum absolute atomic E-state index is 0.102. The van der Waals surface area contributed by atoms with E-state index in [2.05, 4.69) is 21.0 Å². The summed E-state index contributed by atoms with van der Waals surface area (Å²) in [5.74, 6) is -0.570. The first-order chi connectivity index (χ1) is 10.0. The number of rotatable bonds is 6.